The van der Waals surface area contributed by atoms with E-state index in [-0.39, 0.29) is 5.91 Å². The van der Waals surface area contributed by atoms with Gasteiger partial charge in [-0.2, -0.15) is 5.10 Å². The fourth-order valence-corrected chi connectivity index (χ4v) is 3.55. The number of amides is 1. The molecule has 0 saturated carbocycles. The summed E-state index contributed by atoms with van der Waals surface area (Å²) in [5.74, 6) is 0.185. The molecule has 0 aliphatic carbocycles. The highest BCUT2D eigenvalue weighted by Gasteiger charge is 2.22. The second-order valence-corrected chi connectivity index (χ2v) is 7.08. The summed E-state index contributed by atoms with van der Waals surface area (Å²) in [6.07, 6.45) is 2.35. The zero-order valence-electron chi connectivity index (χ0n) is 15.8. The minimum Gasteiger partial charge on any atom is -0.340 e. The van der Waals surface area contributed by atoms with Crippen molar-refractivity contribution in [3.05, 3.63) is 41.3 Å². The third kappa shape index (κ3) is 3.71. The summed E-state index contributed by atoms with van der Waals surface area (Å²) < 4.78 is 6.68. The molecule has 4 rings (SSSR count). The molecule has 0 spiro atoms. The molecule has 0 atom stereocenters. The molecule has 0 N–H and O–H groups in total. The van der Waals surface area contributed by atoms with E-state index in [4.69, 9.17) is 4.63 Å². The van der Waals surface area contributed by atoms with Crippen LogP contribution in [0.15, 0.2) is 29.0 Å². The Labute approximate surface area is 157 Å². The summed E-state index contributed by atoms with van der Waals surface area (Å²) >= 11 is 0. The monoisotopic (exact) mass is 368 g/mol. The first-order chi connectivity index (χ1) is 13.1. The number of fused-ring (bicyclic) bond motifs is 1. The first kappa shape index (κ1) is 17.7. The summed E-state index contributed by atoms with van der Waals surface area (Å²) in [6, 6.07) is 6.16. The molecule has 8 heteroatoms. The molecular formula is C19H24N6O2. The SMILES string of the molecule is Cc1nonc1CN1CCN(C(=O)CCn2ncc3c(C)cccc32)CC1. The van der Waals surface area contributed by atoms with E-state index in [9.17, 15) is 4.79 Å². The van der Waals surface area contributed by atoms with Gasteiger partial charge in [-0.15, -0.1) is 0 Å². The lowest BCUT2D eigenvalue weighted by Crippen LogP contribution is -2.48. The van der Waals surface area contributed by atoms with E-state index < -0.39 is 0 Å². The van der Waals surface area contributed by atoms with Crippen LogP contribution in [-0.4, -0.2) is 62.0 Å². The van der Waals surface area contributed by atoms with Gasteiger partial charge in [0, 0.05) is 44.5 Å². The number of rotatable bonds is 5. The first-order valence-corrected chi connectivity index (χ1v) is 9.31. The van der Waals surface area contributed by atoms with Crippen molar-refractivity contribution in [3.63, 3.8) is 0 Å². The Kier molecular flexibility index (Phi) is 4.89. The van der Waals surface area contributed by atoms with Crippen LogP contribution < -0.4 is 0 Å². The van der Waals surface area contributed by atoms with Crippen molar-refractivity contribution in [2.75, 3.05) is 26.2 Å². The van der Waals surface area contributed by atoms with Gasteiger partial charge in [0.15, 0.2) is 0 Å². The van der Waals surface area contributed by atoms with Gasteiger partial charge in [0.25, 0.3) is 0 Å². The number of nitrogens with zero attached hydrogens (tertiary/aromatic N) is 6. The molecule has 27 heavy (non-hydrogen) atoms. The summed E-state index contributed by atoms with van der Waals surface area (Å²) in [4.78, 5) is 16.8. The average Bonchev–Trinajstić information content (AvgIpc) is 3.28. The topological polar surface area (TPSA) is 80.3 Å². The van der Waals surface area contributed by atoms with Crippen LogP contribution in [0.25, 0.3) is 10.9 Å². The Morgan fingerprint density at radius 2 is 1.96 bits per heavy atom. The molecule has 1 amide bonds. The third-order valence-electron chi connectivity index (χ3n) is 5.29. The Balaban J connectivity index is 1.29. The van der Waals surface area contributed by atoms with E-state index in [1.165, 1.54) is 5.56 Å². The minimum absolute atomic E-state index is 0.185. The zero-order valence-corrected chi connectivity index (χ0v) is 15.8. The van der Waals surface area contributed by atoms with Crippen molar-refractivity contribution < 1.29 is 9.42 Å². The first-order valence-electron chi connectivity index (χ1n) is 9.31. The highest BCUT2D eigenvalue weighted by Crippen LogP contribution is 2.18. The van der Waals surface area contributed by atoms with Crippen LogP contribution in [0.5, 0.6) is 0 Å². The lowest BCUT2D eigenvalue weighted by Gasteiger charge is -2.34. The molecular weight excluding hydrogens is 344 g/mol. The smallest absolute Gasteiger partial charge is 0.224 e. The van der Waals surface area contributed by atoms with Crippen molar-refractivity contribution in [2.24, 2.45) is 0 Å². The number of carbonyl (C=O) groups excluding carboxylic acids is 1. The van der Waals surface area contributed by atoms with E-state index >= 15 is 0 Å². The van der Waals surface area contributed by atoms with Crippen molar-refractivity contribution in [2.45, 2.75) is 33.4 Å². The van der Waals surface area contributed by atoms with Gasteiger partial charge in [-0.3, -0.25) is 14.4 Å². The molecule has 2 aromatic heterocycles. The van der Waals surface area contributed by atoms with Crippen molar-refractivity contribution in [1.82, 2.24) is 29.9 Å². The number of hydrogen-bond acceptors (Lipinski definition) is 6. The second kappa shape index (κ2) is 7.48. The van der Waals surface area contributed by atoms with E-state index in [1.807, 2.05) is 28.8 Å². The van der Waals surface area contributed by atoms with Crippen LogP contribution >= 0.6 is 0 Å². The van der Waals surface area contributed by atoms with E-state index in [0.29, 0.717) is 13.0 Å². The quantitative estimate of drug-likeness (QED) is 0.683. The predicted octanol–water partition coefficient (Wildman–Crippen LogP) is 1.77. The van der Waals surface area contributed by atoms with Crippen molar-refractivity contribution in [3.8, 4) is 0 Å². The predicted molar refractivity (Wildman–Crippen MR) is 100.0 cm³/mol. The lowest BCUT2D eigenvalue weighted by molar-refractivity contribution is -0.133. The van der Waals surface area contributed by atoms with Gasteiger partial charge < -0.3 is 4.90 Å². The minimum atomic E-state index is 0.185. The summed E-state index contributed by atoms with van der Waals surface area (Å²) in [7, 11) is 0. The number of aromatic nitrogens is 4. The highest BCUT2D eigenvalue weighted by atomic mass is 16.6. The Morgan fingerprint density at radius 1 is 1.15 bits per heavy atom. The zero-order chi connectivity index (χ0) is 18.8. The van der Waals surface area contributed by atoms with E-state index in [2.05, 4.69) is 39.4 Å². The number of benzene rings is 1. The molecule has 1 aliphatic rings. The Hall–Kier alpha value is -2.74. The van der Waals surface area contributed by atoms with Gasteiger partial charge in [-0.1, -0.05) is 22.4 Å². The number of hydrogen-bond donors (Lipinski definition) is 0. The Bertz CT molecular complexity index is 939. The van der Waals surface area contributed by atoms with Crippen LogP contribution in [0.3, 0.4) is 0 Å². The maximum absolute atomic E-state index is 12.6. The van der Waals surface area contributed by atoms with Crippen molar-refractivity contribution >= 4 is 16.8 Å². The fraction of sp³-hybridized carbons (Fsp3) is 0.474. The van der Waals surface area contributed by atoms with Crippen LogP contribution in [0.2, 0.25) is 0 Å². The molecule has 0 radical (unpaired) electrons. The average molecular weight is 368 g/mol. The Morgan fingerprint density at radius 3 is 2.70 bits per heavy atom. The van der Waals surface area contributed by atoms with Gasteiger partial charge in [0.1, 0.15) is 11.4 Å². The van der Waals surface area contributed by atoms with Gasteiger partial charge in [0.05, 0.1) is 18.3 Å². The van der Waals surface area contributed by atoms with E-state index in [1.54, 1.807) is 0 Å². The van der Waals surface area contributed by atoms with Gasteiger partial charge in [0.2, 0.25) is 5.91 Å². The van der Waals surface area contributed by atoms with Crippen LogP contribution in [0.1, 0.15) is 23.4 Å². The molecule has 3 aromatic rings. The summed E-state index contributed by atoms with van der Waals surface area (Å²) in [5.41, 5.74) is 3.99. The van der Waals surface area contributed by atoms with E-state index in [0.717, 1.165) is 55.0 Å². The molecule has 1 saturated heterocycles. The molecule has 0 unspecified atom stereocenters. The number of piperazine rings is 1. The van der Waals surface area contributed by atoms with Crippen LogP contribution in [0.4, 0.5) is 0 Å². The molecule has 1 aromatic carbocycles. The summed E-state index contributed by atoms with van der Waals surface area (Å²) in [6.45, 7) is 8.45. The fourth-order valence-electron chi connectivity index (χ4n) is 3.55. The summed E-state index contributed by atoms with van der Waals surface area (Å²) in [5, 5.41) is 13.4. The van der Waals surface area contributed by atoms with Crippen LogP contribution in [0, 0.1) is 13.8 Å². The highest BCUT2D eigenvalue weighted by molar-refractivity contribution is 5.82. The maximum Gasteiger partial charge on any atom is 0.224 e. The number of aryl methyl sites for hydroxylation is 3. The number of carbonyl (C=O) groups is 1. The second-order valence-electron chi connectivity index (χ2n) is 7.08. The van der Waals surface area contributed by atoms with Gasteiger partial charge in [-0.05, 0) is 25.5 Å². The molecule has 1 fully saturated rings. The lowest BCUT2D eigenvalue weighted by atomic mass is 10.1. The van der Waals surface area contributed by atoms with Gasteiger partial charge >= 0.3 is 0 Å². The largest absolute Gasteiger partial charge is 0.340 e. The molecule has 3 heterocycles. The molecule has 0 bridgehead atoms. The van der Waals surface area contributed by atoms with Crippen molar-refractivity contribution in [1.29, 1.82) is 0 Å². The van der Waals surface area contributed by atoms with Gasteiger partial charge in [-0.25, -0.2) is 4.63 Å². The molecule has 142 valence electrons. The maximum atomic E-state index is 12.6. The normalized spacial score (nSPS) is 15.6. The molecule has 1 aliphatic heterocycles. The van der Waals surface area contributed by atoms with Crippen LogP contribution in [-0.2, 0) is 17.9 Å². The standard InChI is InChI=1S/C19H24N6O2/c1-14-4-3-5-18-16(14)12-20-25(18)7-6-19(26)24-10-8-23(9-11-24)13-17-15(2)21-27-22-17/h3-5,12H,6-11,13H2,1-2H3. The molecule has 8 nitrogen and oxygen atoms in total. The third-order valence-corrected chi connectivity index (χ3v) is 5.29.